The summed E-state index contributed by atoms with van der Waals surface area (Å²) in [7, 11) is 1.77. The zero-order valence-corrected chi connectivity index (χ0v) is 11.9. The second-order valence-electron chi connectivity index (χ2n) is 5.16. The van der Waals surface area contributed by atoms with Gasteiger partial charge in [0.1, 0.15) is 17.9 Å². The predicted molar refractivity (Wildman–Crippen MR) is 73.8 cm³/mol. The van der Waals surface area contributed by atoms with Crippen LogP contribution in [0, 0.1) is 18.3 Å². The number of rotatable bonds is 5. The van der Waals surface area contributed by atoms with Crippen molar-refractivity contribution in [3.63, 3.8) is 0 Å². The van der Waals surface area contributed by atoms with Crippen LogP contribution in [0.25, 0.3) is 0 Å². The van der Waals surface area contributed by atoms with Crippen molar-refractivity contribution in [3.8, 4) is 11.8 Å². The van der Waals surface area contributed by atoms with E-state index in [4.69, 9.17) is 10.00 Å². The largest absolute Gasteiger partial charge is 0.490 e. The molecule has 1 rings (SSSR count). The number of benzene rings is 1. The number of hydrogen-bond acceptors (Lipinski definition) is 3. The normalized spacial score (nSPS) is 14.1. The van der Waals surface area contributed by atoms with E-state index in [9.17, 15) is 0 Å². The first-order valence-corrected chi connectivity index (χ1v) is 6.25. The summed E-state index contributed by atoms with van der Waals surface area (Å²) in [5, 5.41) is 12.1. The SMILES string of the molecule is CNC(C)(C#N)COc1cc(C(C)C)ccc1C. The van der Waals surface area contributed by atoms with Gasteiger partial charge in [-0.1, -0.05) is 26.0 Å². The Hall–Kier alpha value is -1.53. The molecule has 1 atom stereocenters. The third-order valence-electron chi connectivity index (χ3n) is 3.19. The molecule has 0 amide bonds. The van der Waals surface area contributed by atoms with Crippen LogP contribution in [0.2, 0.25) is 0 Å². The fourth-order valence-electron chi connectivity index (χ4n) is 1.51. The van der Waals surface area contributed by atoms with Crippen molar-refractivity contribution in [2.24, 2.45) is 0 Å². The minimum Gasteiger partial charge on any atom is -0.490 e. The van der Waals surface area contributed by atoms with Gasteiger partial charge >= 0.3 is 0 Å². The minimum atomic E-state index is -0.653. The number of aryl methyl sites for hydroxylation is 1. The van der Waals surface area contributed by atoms with E-state index in [1.807, 2.05) is 13.8 Å². The number of ether oxygens (including phenoxy) is 1. The third kappa shape index (κ3) is 3.48. The average molecular weight is 246 g/mol. The lowest BCUT2D eigenvalue weighted by Crippen LogP contribution is -2.43. The number of nitrogens with one attached hydrogen (secondary N) is 1. The molecule has 0 saturated heterocycles. The molecular weight excluding hydrogens is 224 g/mol. The fourth-order valence-corrected chi connectivity index (χ4v) is 1.51. The molecule has 98 valence electrons. The highest BCUT2D eigenvalue weighted by Crippen LogP contribution is 2.24. The van der Waals surface area contributed by atoms with Gasteiger partial charge in [-0.2, -0.15) is 5.26 Å². The topological polar surface area (TPSA) is 45.0 Å². The van der Waals surface area contributed by atoms with Crippen molar-refractivity contribution in [3.05, 3.63) is 29.3 Å². The highest BCUT2D eigenvalue weighted by molar-refractivity contribution is 5.38. The van der Waals surface area contributed by atoms with E-state index in [2.05, 4.69) is 43.4 Å². The van der Waals surface area contributed by atoms with Crippen molar-refractivity contribution in [2.45, 2.75) is 39.2 Å². The van der Waals surface area contributed by atoms with Crippen LogP contribution in [0.15, 0.2) is 18.2 Å². The minimum absolute atomic E-state index is 0.336. The summed E-state index contributed by atoms with van der Waals surface area (Å²) in [5.74, 6) is 1.33. The molecule has 1 aromatic rings. The second-order valence-corrected chi connectivity index (χ2v) is 5.16. The van der Waals surface area contributed by atoms with Gasteiger partial charge in [-0.05, 0) is 44.0 Å². The molecule has 0 aliphatic rings. The number of hydrogen-bond donors (Lipinski definition) is 1. The zero-order valence-electron chi connectivity index (χ0n) is 11.9. The average Bonchev–Trinajstić information content (AvgIpc) is 2.37. The summed E-state index contributed by atoms with van der Waals surface area (Å²) in [6.45, 7) is 8.49. The fraction of sp³-hybridized carbons (Fsp3) is 0.533. The Morgan fingerprint density at radius 1 is 1.44 bits per heavy atom. The molecule has 18 heavy (non-hydrogen) atoms. The molecule has 0 saturated carbocycles. The van der Waals surface area contributed by atoms with E-state index in [0.29, 0.717) is 12.5 Å². The lowest BCUT2D eigenvalue weighted by molar-refractivity contribution is 0.240. The number of nitrogens with zero attached hydrogens (tertiary/aromatic N) is 1. The Balaban J connectivity index is 2.85. The summed E-state index contributed by atoms with van der Waals surface area (Å²) in [6, 6.07) is 8.46. The highest BCUT2D eigenvalue weighted by Gasteiger charge is 2.22. The maximum atomic E-state index is 9.08. The first kappa shape index (κ1) is 14.5. The Labute approximate surface area is 110 Å². The lowest BCUT2D eigenvalue weighted by Gasteiger charge is -2.22. The van der Waals surface area contributed by atoms with Gasteiger partial charge in [-0.25, -0.2) is 0 Å². The summed E-state index contributed by atoms with van der Waals surface area (Å²) >= 11 is 0. The second kappa shape index (κ2) is 5.88. The van der Waals surface area contributed by atoms with Crippen molar-refractivity contribution >= 4 is 0 Å². The summed E-state index contributed by atoms with van der Waals surface area (Å²) < 4.78 is 5.79. The molecule has 3 heteroatoms. The van der Waals surface area contributed by atoms with E-state index in [0.717, 1.165) is 11.3 Å². The summed E-state index contributed by atoms with van der Waals surface area (Å²) in [6.07, 6.45) is 0. The van der Waals surface area contributed by atoms with Crippen molar-refractivity contribution in [2.75, 3.05) is 13.7 Å². The van der Waals surface area contributed by atoms with Crippen LogP contribution in [-0.2, 0) is 0 Å². The van der Waals surface area contributed by atoms with Crippen LogP contribution in [0.3, 0.4) is 0 Å². The van der Waals surface area contributed by atoms with Gasteiger partial charge in [0.2, 0.25) is 0 Å². The molecule has 1 aromatic carbocycles. The van der Waals surface area contributed by atoms with Gasteiger partial charge in [0.25, 0.3) is 0 Å². The van der Waals surface area contributed by atoms with Gasteiger partial charge < -0.3 is 4.74 Å². The molecule has 1 unspecified atom stereocenters. The van der Waals surface area contributed by atoms with E-state index in [-0.39, 0.29) is 0 Å². The molecular formula is C15H22N2O. The summed E-state index contributed by atoms with van der Waals surface area (Å²) in [5.41, 5.74) is 1.69. The molecule has 0 aliphatic carbocycles. The molecule has 0 bridgehead atoms. The number of nitriles is 1. The molecule has 0 heterocycles. The van der Waals surface area contributed by atoms with E-state index >= 15 is 0 Å². The van der Waals surface area contributed by atoms with Gasteiger partial charge in [0.05, 0.1) is 6.07 Å². The van der Waals surface area contributed by atoms with Gasteiger partial charge in [-0.15, -0.1) is 0 Å². The Morgan fingerprint density at radius 3 is 2.61 bits per heavy atom. The number of likely N-dealkylation sites (N-methyl/N-ethyl adjacent to an activating group) is 1. The van der Waals surface area contributed by atoms with Gasteiger partial charge in [0, 0.05) is 0 Å². The Kier molecular flexibility index (Phi) is 4.75. The molecule has 0 aromatic heterocycles. The van der Waals surface area contributed by atoms with Crippen molar-refractivity contribution < 1.29 is 4.74 Å². The predicted octanol–water partition coefficient (Wildman–Crippen LogP) is 3.00. The van der Waals surface area contributed by atoms with Crippen molar-refractivity contribution in [1.82, 2.24) is 5.32 Å². The molecule has 0 fully saturated rings. The smallest absolute Gasteiger partial charge is 0.137 e. The Morgan fingerprint density at radius 2 is 2.11 bits per heavy atom. The third-order valence-corrected chi connectivity index (χ3v) is 3.19. The van der Waals surface area contributed by atoms with E-state index in [1.165, 1.54) is 5.56 Å². The highest BCUT2D eigenvalue weighted by atomic mass is 16.5. The maximum Gasteiger partial charge on any atom is 0.137 e. The molecule has 0 aliphatic heterocycles. The van der Waals surface area contributed by atoms with Crippen molar-refractivity contribution in [1.29, 1.82) is 5.26 Å². The van der Waals surface area contributed by atoms with Crippen LogP contribution in [0.4, 0.5) is 0 Å². The van der Waals surface area contributed by atoms with Crippen LogP contribution >= 0.6 is 0 Å². The van der Waals surface area contributed by atoms with Crippen LogP contribution in [0.1, 0.15) is 37.8 Å². The van der Waals surface area contributed by atoms with Gasteiger partial charge in [-0.3, -0.25) is 5.32 Å². The molecule has 1 N–H and O–H groups in total. The standard InChI is InChI=1S/C15H22N2O/c1-11(2)13-7-6-12(3)14(8-13)18-10-15(4,9-16)17-5/h6-8,11,17H,10H2,1-5H3. The Bertz CT molecular complexity index is 448. The first-order valence-electron chi connectivity index (χ1n) is 6.25. The lowest BCUT2D eigenvalue weighted by atomic mass is 10.0. The molecule has 0 spiro atoms. The zero-order chi connectivity index (χ0) is 13.8. The molecule has 0 radical (unpaired) electrons. The maximum absolute atomic E-state index is 9.08. The monoisotopic (exact) mass is 246 g/mol. The van der Waals surface area contributed by atoms with E-state index < -0.39 is 5.54 Å². The molecule has 3 nitrogen and oxygen atoms in total. The van der Waals surface area contributed by atoms with Crippen LogP contribution < -0.4 is 10.1 Å². The van der Waals surface area contributed by atoms with Gasteiger partial charge in [0.15, 0.2) is 0 Å². The van der Waals surface area contributed by atoms with Crippen LogP contribution in [0.5, 0.6) is 5.75 Å². The van der Waals surface area contributed by atoms with E-state index in [1.54, 1.807) is 7.05 Å². The quantitative estimate of drug-likeness (QED) is 0.868. The van der Waals surface area contributed by atoms with Crippen LogP contribution in [-0.4, -0.2) is 19.2 Å². The first-order chi connectivity index (χ1) is 8.41. The summed E-state index contributed by atoms with van der Waals surface area (Å²) in [4.78, 5) is 0.